The van der Waals surface area contributed by atoms with Gasteiger partial charge in [-0.3, -0.25) is 9.78 Å². The van der Waals surface area contributed by atoms with E-state index in [4.69, 9.17) is 14.5 Å². The molecule has 4 heterocycles. The number of methoxy groups -OCH3 is 1. The summed E-state index contributed by atoms with van der Waals surface area (Å²) < 4.78 is 14.0. The van der Waals surface area contributed by atoms with Crippen molar-refractivity contribution in [3.05, 3.63) is 36.3 Å². The number of nitrogens with one attached hydrogen (secondary N) is 1. The zero-order chi connectivity index (χ0) is 27.0. The smallest absolute Gasteiger partial charge is 0.326 e. The Balaban J connectivity index is 1.51. The van der Waals surface area contributed by atoms with E-state index in [1.165, 1.54) is 11.3 Å². The van der Waals surface area contributed by atoms with Crippen LogP contribution in [0.2, 0.25) is 25.7 Å². The highest BCUT2D eigenvalue weighted by Crippen LogP contribution is 2.37. The molecule has 1 atom stereocenters. The third-order valence-corrected chi connectivity index (χ3v) is 9.40. The van der Waals surface area contributed by atoms with Gasteiger partial charge in [-0.1, -0.05) is 19.6 Å². The molecule has 1 aliphatic rings. The van der Waals surface area contributed by atoms with Gasteiger partial charge in [0.15, 0.2) is 5.65 Å². The van der Waals surface area contributed by atoms with E-state index in [1.54, 1.807) is 36.3 Å². The van der Waals surface area contributed by atoms with Gasteiger partial charge in [0.25, 0.3) is 5.91 Å². The lowest BCUT2D eigenvalue weighted by atomic mass is 10.1. The molecular weight excluding hydrogens is 522 g/mol. The molecule has 2 N–H and O–H groups in total. The summed E-state index contributed by atoms with van der Waals surface area (Å²) in [6.45, 7) is 7.69. The van der Waals surface area contributed by atoms with E-state index in [1.807, 2.05) is 6.07 Å². The van der Waals surface area contributed by atoms with Gasteiger partial charge in [-0.25, -0.2) is 14.8 Å². The van der Waals surface area contributed by atoms with Crippen molar-refractivity contribution in [3.8, 4) is 16.3 Å². The minimum Gasteiger partial charge on any atom is -0.495 e. The maximum Gasteiger partial charge on any atom is 0.326 e. The third-order valence-electron chi connectivity index (χ3n) is 6.53. The van der Waals surface area contributed by atoms with E-state index in [2.05, 4.69) is 34.9 Å². The molecule has 0 aromatic carbocycles. The van der Waals surface area contributed by atoms with Crippen LogP contribution >= 0.6 is 11.3 Å². The Morgan fingerprint density at radius 1 is 1.29 bits per heavy atom. The molecule has 4 aromatic rings. The summed E-state index contributed by atoms with van der Waals surface area (Å²) in [5, 5.41) is 12.3. The molecule has 0 spiro atoms. The number of fused-ring (bicyclic) bond motifs is 2. The van der Waals surface area contributed by atoms with E-state index in [0.717, 1.165) is 39.7 Å². The van der Waals surface area contributed by atoms with Crippen LogP contribution in [0, 0.1) is 5.92 Å². The SMILES string of the molecule is COc1ccnc2cc(-c3cnc4c(n3)c(C(=O)NC(C(=O)O)C3CC3)cn4COCC[Si](C)(C)C)sc12. The van der Waals surface area contributed by atoms with Gasteiger partial charge < -0.3 is 24.5 Å². The number of carboxylic acids is 1. The standard InChI is InChI=1S/C26H31N5O5SSi/c1-35-19-7-8-27-17-11-20(37-23(17)19)18-12-28-24-22(29-18)16(13-31(24)14-36-9-10-38(2,3)4)25(32)30-21(26(33)34)15-5-6-15/h7-8,11-13,15,21H,5-6,9-10,14H2,1-4H3,(H,30,32)(H,33,34). The number of carbonyl (C=O) groups is 2. The largest absolute Gasteiger partial charge is 0.495 e. The van der Waals surface area contributed by atoms with Crippen molar-refractivity contribution in [1.29, 1.82) is 0 Å². The number of aliphatic carboxylic acids is 1. The highest BCUT2D eigenvalue weighted by Gasteiger charge is 2.38. The fourth-order valence-corrected chi connectivity index (χ4v) is 6.03. The fourth-order valence-electron chi connectivity index (χ4n) is 4.21. The number of hydrogen-bond acceptors (Lipinski definition) is 8. The summed E-state index contributed by atoms with van der Waals surface area (Å²) in [5.74, 6) is -0.835. The normalized spacial score (nSPS) is 14.6. The number of amides is 1. The van der Waals surface area contributed by atoms with Crippen LogP contribution in [0.5, 0.6) is 5.75 Å². The predicted molar refractivity (Wildman–Crippen MR) is 148 cm³/mol. The number of nitrogens with zero attached hydrogens (tertiary/aromatic N) is 4. The Hall–Kier alpha value is -3.35. The Morgan fingerprint density at radius 2 is 2.08 bits per heavy atom. The van der Waals surface area contributed by atoms with Crippen molar-refractivity contribution < 1.29 is 24.2 Å². The summed E-state index contributed by atoms with van der Waals surface area (Å²) in [5.41, 5.74) is 2.54. The average molecular weight is 554 g/mol. The number of ether oxygens (including phenoxy) is 2. The predicted octanol–water partition coefficient (Wildman–Crippen LogP) is 4.62. The van der Waals surface area contributed by atoms with E-state index in [0.29, 0.717) is 23.5 Å². The quantitative estimate of drug-likeness (QED) is 0.203. The minimum atomic E-state index is -1.26. The molecule has 0 aliphatic heterocycles. The van der Waals surface area contributed by atoms with Crippen molar-refractivity contribution >= 4 is 52.7 Å². The molecule has 0 radical (unpaired) electrons. The lowest BCUT2D eigenvalue weighted by molar-refractivity contribution is -0.139. The molecule has 1 fully saturated rings. The monoisotopic (exact) mass is 553 g/mol. The summed E-state index contributed by atoms with van der Waals surface area (Å²) in [4.78, 5) is 39.8. The molecule has 1 saturated carbocycles. The van der Waals surface area contributed by atoms with E-state index in [9.17, 15) is 14.7 Å². The lowest BCUT2D eigenvalue weighted by Crippen LogP contribution is -2.42. The van der Waals surface area contributed by atoms with Crippen molar-refractivity contribution in [2.75, 3.05) is 13.7 Å². The highest BCUT2D eigenvalue weighted by molar-refractivity contribution is 7.22. The maximum absolute atomic E-state index is 13.3. The van der Waals surface area contributed by atoms with Crippen LogP contribution < -0.4 is 10.1 Å². The average Bonchev–Trinajstić information content (AvgIpc) is 3.51. The lowest BCUT2D eigenvalue weighted by Gasteiger charge is -2.15. The van der Waals surface area contributed by atoms with Crippen LogP contribution in [0.15, 0.2) is 30.7 Å². The summed E-state index contributed by atoms with van der Waals surface area (Å²) in [7, 11) is 0.360. The Morgan fingerprint density at radius 3 is 2.76 bits per heavy atom. The van der Waals surface area contributed by atoms with Crippen LogP contribution in [0.4, 0.5) is 0 Å². The minimum absolute atomic E-state index is 0.0441. The van der Waals surface area contributed by atoms with Crippen LogP contribution in [-0.4, -0.2) is 64.3 Å². The van der Waals surface area contributed by atoms with Crippen LogP contribution in [0.25, 0.3) is 32.0 Å². The van der Waals surface area contributed by atoms with E-state index >= 15 is 0 Å². The molecule has 1 aliphatic carbocycles. The van der Waals surface area contributed by atoms with Crippen LogP contribution in [0.1, 0.15) is 23.2 Å². The number of hydrogen-bond donors (Lipinski definition) is 2. The molecule has 0 bridgehead atoms. The van der Waals surface area contributed by atoms with Crippen LogP contribution in [-0.2, 0) is 16.3 Å². The third kappa shape index (κ3) is 5.57. The highest BCUT2D eigenvalue weighted by atomic mass is 32.1. The van der Waals surface area contributed by atoms with Gasteiger partial charge in [0.1, 0.15) is 24.0 Å². The second-order valence-corrected chi connectivity index (χ2v) is 17.4. The van der Waals surface area contributed by atoms with Gasteiger partial charge in [0.05, 0.1) is 39.7 Å². The molecule has 4 aromatic heterocycles. The number of pyridine rings is 1. The topological polar surface area (TPSA) is 128 Å². The van der Waals surface area contributed by atoms with Gasteiger partial charge in [0.2, 0.25) is 0 Å². The molecule has 12 heteroatoms. The molecule has 0 saturated heterocycles. The van der Waals surface area contributed by atoms with Crippen molar-refractivity contribution in [3.63, 3.8) is 0 Å². The van der Waals surface area contributed by atoms with Gasteiger partial charge in [0, 0.05) is 27.1 Å². The van der Waals surface area contributed by atoms with Gasteiger partial charge in [-0.05, 0) is 36.9 Å². The number of carbonyl (C=O) groups excluding carboxylic acids is 1. The van der Waals surface area contributed by atoms with E-state index < -0.39 is 26.0 Å². The first-order chi connectivity index (χ1) is 18.1. The molecule has 10 nitrogen and oxygen atoms in total. The van der Waals surface area contributed by atoms with Gasteiger partial charge in [-0.15, -0.1) is 11.3 Å². The van der Waals surface area contributed by atoms with E-state index in [-0.39, 0.29) is 18.2 Å². The van der Waals surface area contributed by atoms with Crippen molar-refractivity contribution in [2.45, 2.75) is 51.3 Å². The first kappa shape index (κ1) is 26.3. The summed E-state index contributed by atoms with van der Waals surface area (Å²) >= 11 is 1.48. The first-order valence-electron chi connectivity index (χ1n) is 12.5. The zero-order valence-corrected chi connectivity index (χ0v) is 23.7. The molecular formula is C26H31N5O5SSi. The number of carboxylic acid groups (broad SMARTS) is 1. The van der Waals surface area contributed by atoms with Crippen LogP contribution in [0.3, 0.4) is 0 Å². The first-order valence-corrected chi connectivity index (χ1v) is 17.1. The second kappa shape index (κ2) is 10.4. The summed E-state index contributed by atoms with van der Waals surface area (Å²) in [6, 6.07) is 3.81. The number of thiophene rings is 1. The fraction of sp³-hybridized carbons (Fsp3) is 0.423. The second-order valence-electron chi connectivity index (χ2n) is 10.8. The summed E-state index contributed by atoms with van der Waals surface area (Å²) in [6.07, 6.45) is 6.59. The van der Waals surface area contributed by atoms with Gasteiger partial charge in [-0.2, -0.15) is 0 Å². The molecule has 1 amide bonds. The van der Waals surface area contributed by atoms with Crippen molar-refractivity contribution in [1.82, 2.24) is 24.8 Å². The Bertz CT molecular complexity index is 1510. The zero-order valence-electron chi connectivity index (χ0n) is 21.9. The molecule has 5 rings (SSSR count). The Labute approximate surface area is 225 Å². The number of rotatable bonds is 11. The molecule has 200 valence electrons. The maximum atomic E-state index is 13.3. The Kier molecular flexibility index (Phi) is 7.21. The van der Waals surface area contributed by atoms with Gasteiger partial charge >= 0.3 is 5.97 Å². The van der Waals surface area contributed by atoms with Crippen molar-refractivity contribution in [2.24, 2.45) is 5.92 Å². The number of aromatic nitrogens is 4. The molecule has 38 heavy (non-hydrogen) atoms. The molecule has 1 unspecified atom stereocenters.